The molecule has 4 heterocycles. The highest BCUT2D eigenvalue weighted by Crippen LogP contribution is 2.55. The molecule has 11 heteroatoms. The number of rotatable bonds is 2. The van der Waals surface area contributed by atoms with Gasteiger partial charge in [0.15, 0.2) is 11.5 Å². The van der Waals surface area contributed by atoms with E-state index in [0.717, 1.165) is 20.9 Å². The summed E-state index contributed by atoms with van der Waals surface area (Å²) in [5, 5.41) is 12.3. The van der Waals surface area contributed by atoms with Gasteiger partial charge in [0, 0.05) is 50.5 Å². The normalized spacial score (nSPS) is 22.6. The van der Waals surface area contributed by atoms with E-state index in [-0.39, 0.29) is 29.8 Å². The molecule has 0 aliphatic heterocycles. The van der Waals surface area contributed by atoms with Crippen LogP contribution < -0.4 is 11.3 Å². The van der Waals surface area contributed by atoms with Gasteiger partial charge in [0.25, 0.3) is 5.56 Å². The second kappa shape index (κ2) is 7.05. The molecule has 10 nitrogen and oxygen atoms in total. The van der Waals surface area contributed by atoms with Gasteiger partial charge in [-0.15, -0.1) is 0 Å². The predicted octanol–water partition coefficient (Wildman–Crippen LogP) is 3.66. The van der Waals surface area contributed by atoms with Gasteiger partial charge in [-0.3, -0.25) is 9.59 Å². The minimum absolute atomic E-state index is 0.0871. The first-order valence-corrected chi connectivity index (χ1v) is 12.3. The van der Waals surface area contributed by atoms with Gasteiger partial charge < -0.3 is 30.8 Å². The molecule has 7 rings (SSSR count). The minimum atomic E-state index is -1.75. The van der Waals surface area contributed by atoms with Gasteiger partial charge in [-0.25, -0.2) is 9.97 Å². The summed E-state index contributed by atoms with van der Waals surface area (Å²) in [4.78, 5) is 47.5. The van der Waals surface area contributed by atoms with Crippen molar-refractivity contribution in [1.29, 1.82) is 0 Å². The highest BCUT2D eigenvalue weighted by atomic mass is 79.9. The summed E-state index contributed by atoms with van der Waals surface area (Å²) in [6.45, 7) is 2.01. The number of nitrogens with zero attached hydrogens (tertiary/aromatic N) is 2. The molecule has 5 aromatic rings. The van der Waals surface area contributed by atoms with E-state index >= 15 is 0 Å². The van der Waals surface area contributed by atoms with Crippen molar-refractivity contribution in [3.05, 3.63) is 74.3 Å². The molecule has 2 aliphatic carbocycles. The molecule has 180 valence electrons. The zero-order valence-electron chi connectivity index (χ0n) is 18.9. The van der Waals surface area contributed by atoms with Crippen molar-refractivity contribution in [3.8, 4) is 22.5 Å². The minimum Gasteiger partial charge on any atom is -0.375 e. The number of carbonyl (C=O) groups excluding carboxylic acids is 1. The van der Waals surface area contributed by atoms with E-state index in [1.807, 2.05) is 25.1 Å². The third-order valence-electron chi connectivity index (χ3n) is 7.59. The van der Waals surface area contributed by atoms with Crippen molar-refractivity contribution in [3.63, 3.8) is 0 Å². The number of hydrogen-bond donors (Lipinski definition) is 6. The van der Waals surface area contributed by atoms with Crippen molar-refractivity contribution in [2.45, 2.75) is 30.8 Å². The molecule has 7 N–H and O–H groups in total. The van der Waals surface area contributed by atoms with Crippen LogP contribution in [0.4, 0.5) is 5.95 Å². The van der Waals surface area contributed by atoms with Crippen molar-refractivity contribution in [2.24, 2.45) is 0 Å². The van der Waals surface area contributed by atoms with Crippen molar-refractivity contribution < 1.29 is 9.90 Å². The first-order valence-electron chi connectivity index (χ1n) is 11.5. The number of nitrogens with two attached hydrogens (primary N) is 1. The van der Waals surface area contributed by atoms with E-state index in [0.29, 0.717) is 39.6 Å². The van der Waals surface area contributed by atoms with Crippen LogP contribution in [0, 0.1) is 0 Å². The van der Waals surface area contributed by atoms with Crippen molar-refractivity contribution in [1.82, 2.24) is 29.9 Å². The fourth-order valence-corrected chi connectivity index (χ4v) is 6.22. The summed E-state index contributed by atoms with van der Waals surface area (Å²) < 4.78 is 0.932. The van der Waals surface area contributed by atoms with Crippen LogP contribution in [0.3, 0.4) is 0 Å². The first kappa shape index (κ1) is 21.3. The molecule has 0 spiro atoms. The average Bonchev–Trinajstić information content (AvgIpc) is 3.57. The number of halogens is 1. The number of H-pyrrole nitrogens is 4. The Hall–Kier alpha value is -3.96. The van der Waals surface area contributed by atoms with E-state index in [9.17, 15) is 14.7 Å². The molecule has 0 saturated heterocycles. The zero-order valence-corrected chi connectivity index (χ0v) is 20.5. The first-order chi connectivity index (χ1) is 17.3. The Morgan fingerprint density at radius 3 is 2.78 bits per heavy atom. The lowest BCUT2D eigenvalue weighted by molar-refractivity contribution is 0.00708. The maximum atomic E-state index is 13.4. The van der Waals surface area contributed by atoms with E-state index in [2.05, 4.69) is 45.8 Å². The molecule has 0 fully saturated rings. The number of fused-ring (bicyclic) bond motifs is 7. The number of carbonyl (C=O) groups is 1. The maximum Gasteiger partial charge on any atom is 0.275 e. The molecule has 2 aliphatic rings. The average molecular weight is 546 g/mol. The van der Waals surface area contributed by atoms with Crippen LogP contribution >= 0.6 is 15.9 Å². The number of hydrogen-bond acceptors (Lipinski definition) is 6. The molecule has 3 atom stereocenters. The zero-order chi connectivity index (χ0) is 24.9. The smallest absolute Gasteiger partial charge is 0.275 e. The number of aliphatic hydroxyl groups is 1. The van der Waals surface area contributed by atoms with E-state index in [1.54, 1.807) is 18.6 Å². The predicted molar refractivity (Wildman–Crippen MR) is 137 cm³/mol. The number of nitrogen functional groups attached to an aromatic ring is 1. The highest BCUT2D eigenvalue weighted by molar-refractivity contribution is 9.10. The maximum absolute atomic E-state index is 13.4. The number of nitrogens with one attached hydrogen (secondary N) is 4. The molecule has 1 aromatic carbocycles. The Labute approximate surface area is 211 Å². The number of Topliss-reactive ketones (excluding diaryl/α,β-unsaturated/α-hetero) is 1. The highest BCUT2D eigenvalue weighted by Gasteiger charge is 2.56. The van der Waals surface area contributed by atoms with Gasteiger partial charge >= 0.3 is 0 Å². The molecule has 0 saturated carbocycles. The molecule has 0 amide bonds. The third kappa shape index (κ3) is 2.69. The largest absolute Gasteiger partial charge is 0.375 e. The van der Waals surface area contributed by atoms with Gasteiger partial charge in [-0.1, -0.05) is 28.9 Å². The number of aromatic nitrogens is 6. The quantitative estimate of drug-likeness (QED) is 0.197. The van der Waals surface area contributed by atoms with Crippen molar-refractivity contribution in [2.75, 3.05) is 5.73 Å². The Morgan fingerprint density at radius 1 is 1.17 bits per heavy atom. The van der Waals surface area contributed by atoms with Crippen LogP contribution in [0.15, 0.2) is 46.1 Å². The van der Waals surface area contributed by atoms with Gasteiger partial charge in [0.1, 0.15) is 11.4 Å². The Balaban J connectivity index is 1.35. The fraction of sp³-hybridized carbons (Fsp3) is 0.200. The van der Waals surface area contributed by atoms with Crippen molar-refractivity contribution >= 4 is 38.6 Å². The fourth-order valence-electron chi connectivity index (χ4n) is 5.86. The molecule has 2 bridgehead atoms. The molecular formula is C25H20BrN7O3. The summed E-state index contributed by atoms with van der Waals surface area (Å²) in [6.07, 6.45) is 5.24. The second-order valence-corrected chi connectivity index (χ2v) is 10.4. The molecule has 4 aromatic heterocycles. The summed E-state index contributed by atoms with van der Waals surface area (Å²) in [7, 11) is 0. The Bertz CT molecular complexity index is 1790. The lowest BCUT2D eigenvalue weighted by Gasteiger charge is -2.42. The molecule has 0 radical (unpaired) electrons. The molecule has 36 heavy (non-hydrogen) atoms. The lowest BCUT2D eigenvalue weighted by atomic mass is 9.63. The van der Waals surface area contributed by atoms with Crippen LogP contribution in [-0.4, -0.2) is 40.8 Å². The van der Waals surface area contributed by atoms with E-state index in [4.69, 9.17) is 5.73 Å². The topological polar surface area (TPSA) is 169 Å². The van der Waals surface area contributed by atoms with Gasteiger partial charge in [-0.2, -0.15) is 0 Å². The summed E-state index contributed by atoms with van der Waals surface area (Å²) >= 11 is 3.46. The standard InChI is InChI=1S/C25H20BrN7O3/c1-9-12-5-25(36,21-18(9)32-24(27)33-21)22(34)20-17(12)14(7-29-20)16-8-30-19(23(35)31-16)13-6-28-15-4-10(26)2-3-11(13)15/h2-4,6-9,12,28-29,36H,5H2,1H3,(H,31,35)(H3,27,32,33)/t9-,12+,25+/m0/s1. The second-order valence-electron chi connectivity index (χ2n) is 9.53. The molecular weight excluding hydrogens is 526 g/mol. The van der Waals surface area contributed by atoms with E-state index < -0.39 is 11.4 Å². The van der Waals surface area contributed by atoms with Crippen LogP contribution in [0.1, 0.15) is 52.6 Å². The number of anilines is 1. The summed E-state index contributed by atoms with van der Waals surface area (Å²) in [5.41, 5.74) is 8.84. The number of ketones is 1. The van der Waals surface area contributed by atoms with Crippen LogP contribution in [0.5, 0.6) is 0 Å². The van der Waals surface area contributed by atoms with Gasteiger partial charge in [-0.05, 0) is 30.0 Å². The van der Waals surface area contributed by atoms with Gasteiger partial charge in [0.05, 0.1) is 17.6 Å². The lowest BCUT2D eigenvalue weighted by Crippen LogP contribution is -2.46. The monoisotopic (exact) mass is 545 g/mol. The number of benzene rings is 1. The number of aromatic amines is 4. The van der Waals surface area contributed by atoms with Crippen LogP contribution in [0.25, 0.3) is 33.4 Å². The van der Waals surface area contributed by atoms with Crippen LogP contribution in [0.2, 0.25) is 0 Å². The van der Waals surface area contributed by atoms with Crippen LogP contribution in [-0.2, 0) is 5.60 Å². The Kier molecular flexibility index (Phi) is 4.18. The summed E-state index contributed by atoms with van der Waals surface area (Å²) in [5.74, 6) is -0.586. The third-order valence-corrected chi connectivity index (χ3v) is 8.08. The van der Waals surface area contributed by atoms with Gasteiger partial charge in [0.2, 0.25) is 5.78 Å². The Morgan fingerprint density at radius 2 is 1.97 bits per heavy atom. The SMILES string of the molecule is C[C@@H]1c2[nH]c(N)nc2[C@]2(O)C[C@H]1c1c(-c3cnc(-c4c[nH]c5cc(Br)ccc45)c(=O)[nH]3)c[nH]c1C2=O. The summed E-state index contributed by atoms with van der Waals surface area (Å²) in [6, 6.07) is 5.78. The molecule has 0 unspecified atom stereocenters. The number of imidazole rings is 1. The van der Waals surface area contributed by atoms with E-state index in [1.165, 1.54) is 0 Å².